The van der Waals surface area contributed by atoms with Crippen LogP contribution in [0.15, 0.2) is 39.1 Å². The number of H-pyrrole nitrogens is 2. The number of nitrogens with one attached hydrogen (secondary N) is 2. The van der Waals surface area contributed by atoms with Crippen LogP contribution in [0.25, 0.3) is 28.0 Å². The zero-order valence-corrected chi connectivity index (χ0v) is 47.2. The zero-order chi connectivity index (χ0) is 59.5. The van der Waals surface area contributed by atoms with E-state index in [1.165, 1.54) is 29.9 Å². The highest BCUT2D eigenvalue weighted by Crippen LogP contribution is 2.68. The monoisotopic (exact) mass is 1240 g/mol. The quantitative estimate of drug-likeness (QED) is 0.0261. The number of carbonyl (C=O) groups is 1. The molecule has 9 rings (SSSR count). The SMILES string of the molecule is BP(=O)(OC[C@H]1O[C@@H](n2cnc3c(=O)[nH]c(N)nc32)[C@H](O)[C@@H]1CC(=O)N(C)C)OP(=O)(O)OP(=O)(O)OCC1O[C@@H](n2cnc3c2N=CCC(CC)=C3N)[C@H](OC)[C@@H]1OP(=O)(O)OC[C@H]1O[C@@H](n2cnc3c(=O)[nH]c(N)nc32)[C@H](O)[C@@H]1O. The molecule has 5 unspecified atom stereocenters. The number of nitrogens with two attached hydrogens (primary N) is 3. The minimum Gasteiger partial charge on any atom is -0.397 e. The molecule has 4 aliphatic heterocycles. The number of amides is 1. The summed E-state index contributed by atoms with van der Waals surface area (Å²) in [7, 11) is -17.5. The molecule has 0 radical (unpaired) electrons. The maximum Gasteiger partial charge on any atom is 0.487 e. The second kappa shape index (κ2) is 23.5. The van der Waals surface area contributed by atoms with Crippen molar-refractivity contribution in [2.75, 3.05) is 52.5 Å². The number of hydrogen-bond donors (Lipinski definition) is 11. The van der Waals surface area contributed by atoms with Crippen LogP contribution in [0.2, 0.25) is 0 Å². The number of phosphoric ester groups is 2. The molecule has 14 N–H and O–H groups in total. The Bertz CT molecular complexity index is 3630. The molecule has 9 heterocycles. The summed E-state index contributed by atoms with van der Waals surface area (Å²) in [4.78, 5) is 101. The molecule has 38 nitrogen and oxygen atoms in total. The molecule has 0 aromatic carbocycles. The van der Waals surface area contributed by atoms with Crippen molar-refractivity contribution < 1.29 is 98.7 Å². The summed E-state index contributed by atoms with van der Waals surface area (Å²) in [6.45, 7) is -1.11. The molecular weight excluding hydrogens is 1180 g/mol. The van der Waals surface area contributed by atoms with Gasteiger partial charge in [-0.3, -0.25) is 56.2 Å². The number of rotatable bonds is 22. The van der Waals surface area contributed by atoms with Gasteiger partial charge in [-0.05, 0) is 12.0 Å². The molecule has 1 amide bonds. The summed E-state index contributed by atoms with van der Waals surface area (Å²) in [6.07, 6.45) is -12.0. The van der Waals surface area contributed by atoms with Crippen LogP contribution in [0, 0.1) is 5.92 Å². The Balaban J connectivity index is 0.893. The number of hydrogen-bond acceptors (Lipinski definition) is 29. The summed E-state index contributed by atoms with van der Waals surface area (Å²) < 4.78 is 112. The number of carbonyl (C=O) groups excluding carboxylic acids is 1. The second-order valence-corrected chi connectivity index (χ2v) is 25.7. The van der Waals surface area contributed by atoms with Crippen LogP contribution in [-0.4, -0.2) is 193 Å². The van der Waals surface area contributed by atoms with E-state index in [4.69, 9.17) is 58.6 Å². The van der Waals surface area contributed by atoms with Gasteiger partial charge in [0.2, 0.25) is 17.8 Å². The molecule has 0 bridgehead atoms. The van der Waals surface area contributed by atoms with Crippen LogP contribution in [0.3, 0.4) is 0 Å². The van der Waals surface area contributed by atoms with E-state index in [1.54, 1.807) is 6.21 Å². The highest BCUT2D eigenvalue weighted by molar-refractivity contribution is 7.84. The Labute approximate surface area is 461 Å². The van der Waals surface area contributed by atoms with Gasteiger partial charge in [0.15, 0.2) is 46.8 Å². The first-order valence-corrected chi connectivity index (χ1v) is 30.8. The number of aliphatic imine (C=N–C) groups is 1. The van der Waals surface area contributed by atoms with Crippen molar-refractivity contribution in [3.05, 3.63) is 51.0 Å². The third kappa shape index (κ3) is 12.6. The fraction of sp³-hybridized carbons (Fsp3) is 0.564. The lowest BCUT2D eigenvalue weighted by Gasteiger charge is -2.26. The van der Waals surface area contributed by atoms with Crippen LogP contribution in [0.1, 0.15) is 50.6 Å². The van der Waals surface area contributed by atoms with Crippen molar-refractivity contribution in [2.45, 2.75) is 93.7 Å². The molecule has 5 aromatic heterocycles. The van der Waals surface area contributed by atoms with Gasteiger partial charge < -0.3 is 75.6 Å². The number of aromatic amines is 2. The maximum atomic E-state index is 13.9. The van der Waals surface area contributed by atoms with Gasteiger partial charge in [-0.2, -0.15) is 14.3 Å². The lowest BCUT2D eigenvalue weighted by atomic mass is 9.94. The van der Waals surface area contributed by atoms with Crippen molar-refractivity contribution in [3.8, 4) is 0 Å². The minimum atomic E-state index is -5.99. The Morgan fingerprint density at radius 2 is 1.29 bits per heavy atom. The first-order valence-electron chi connectivity index (χ1n) is 24.4. The van der Waals surface area contributed by atoms with Gasteiger partial charge in [-0.1, -0.05) is 6.92 Å². The van der Waals surface area contributed by atoms with E-state index < -0.39 is 148 Å². The number of fused-ring (bicyclic) bond motifs is 3. The molecule has 0 spiro atoms. The van der Waals surface area contributed by atoms with Gasteiger partial charge in [0.1, 0.15) is 48.4 Å². The minimum absolute atomic E-state index is 0.112. The van der Waals surface area contributed by atoms with Gasteiger partial charge in [-0.25, -0.2) is 38.0 Å². The van der Waals surface area contributed by atoms with E-state index in [0.29, 0.717) is 26.1 Å². The molecular formula is C39H56BN15O23P4. The Hall–Kier alpha value is -5.47. The van der Waals surface area contributed by atoms with Crippen LogP contribution < -0.4 is 28.3 Å². The van der Waals surface area contributed by atoms with Crippen molar-refractivity contribution in [1.29, 1.82) is 0 Å². The third-order valence-electron chi connectivity index (χ3n) is 13.4. The summed E-state index contributed by atoms with van der Waals surface area (Å²) >= 11 is 0. The molecule has 3 saturated heterocycles. The highest BCUT2D eigenvalue weighted by atomic mass is 31.3. The first kappa shape index (κ1) is 61.1. The van der Waals surface area contributed by atoms with Gasteiger partial charge in [0, 0.05) is 46.2 Å². The highest BCUT2D eigenvalue weighted by Gasteiger charge is 2.54. The normalized spacial score (nSPS) is 29.6. The van der Waals surface area contributed by atoms with E-state index in [0.717, 1.165) is 34.5 Å². The molecule has 16 atom stereocenters. The summed E-state index contributed by atoms with van der Waals surface area (Å²) in [5, 5.41) is 33.4. The molecule has 0 aliphatic carbocycles. The van der Waals surface area contributed by atoms with Crippen molar-refractivity contribution in [3.63, 3.8) is 0 Å². The summed E-state index contributed by atoms with van der Waals surface area (Å²) in [5.74, 6) is -2.13. The molecule has 4 aliphatic rings. The van der Waals surface area contributed by atoms with E-state index in [9.17, 15) is 62.6 Å². The van der Waals surface area contributed by atoms with Crippen LogP contribution in [0.4, 0.5) is 17.7 Å². The number of methoxy groups -OCH3 is 1. The lowest BCUT2D eigenvalue weighted by Crippen LogP contribution is -2.38. The van der Waals surface area contributed by atoms with Gasteiger partial charge in [0.05, 0.1) is 50.6 Å². The van der Waals surface area contributed by atoms with Crippen molar-refractivity contribution >= 4 is 96.4 Å². The number of aliphatic hydroxyl groups excluding tert-OH is 3. The average molecular weight is 1240 g/mol. The van der Waals surface area contributed by atoms with Crippen LogP contribution in [0.5, 0.6) is 0 Å². The van der Waals surface area contributed by atoms with E-state index in [2.05, 4.69) is 44.2 Å². The van der Waals surface area contributed by atoms with E-state index in [-0.39, 0.29) is 45.7 Å². The Morgan fingerprint density at radius 3 is 1.89 bits per heavy atom. The molecule has 43 heteroatoms. The Kier molecular flexibility index (Phi) is 17.5. The predicted octanol–water partition coefficient (Wildman–Crippen LogP) is -2.11. The number of nitrogens with zero attached hydrogens (tertiary/aromatic N) is 10. The summed E-state index contributed by atoms with van der Waals surface area (Å²) in [6, 6.07) is 0. The number of aromatic nitrogens is 10. The number of phosphoric acid groups is 3. The van der Waals surface area contributed by atoms with Crippen molar-refractivity contribution in [2.24, 2.45) is 16.6 Å². The second-order valence-electron chi connectivity index (χ2n) is 19.1. The maximum absolute atomic E-state index is 13.9. The number of imidazole rings is 3. The molecule has 3 fully saturated rings. The standard InChI is InChI=1S/C39H56BN15O23P4/c1-5-15-6-7-44-30-22(21(15)41)45-12-53(30)37-29(69-4)28(76-80(63,64)71-10-18-26(58)27(59)36(74-18)55-14-47-24-32(55)49-39(43)51-34(24)61)19(75-37)11-72-81(65,66)78-82(67,68)77-79(40,62)70-9-17-16(8-20(56)52(2)3)25(57)35(73-17)54-13-46-23-31(54)48-38(42)50-33(23)60/h7,12-14,16-19,25-29,35-37,57-59H,5-6,8-11,40-41H2,1-4H3,(H,63,64)(H,65,66)(H,67,68)(H3,42,48,50,60)(H3,43,49,51,61)/t16-,17-,18-,19?,25-,26-,27-,28-,29-,35-,36-,37-,79?/m1/s1. The van der Waals surface area contributed by atoms with E-state index in [1.807, 2.05) is 6.92 Å². The van der Waals surface area contributed by atoms with E-state index >= 15 is 0 Å². The zero-order valence-electron chi connectivity index (χ0n) is 43.6. The van der Waals surface area contributed by atoms with Gasteiger partial charge in [0.25, 0.3) is 26.2 Å². The largest absolute Gasteiger partial charge is 0.487 e. The topological polar surface area (TPSA) is 538 Å². The average Bonchev–Trinajstić information content (AvgIpc) is 3.14. The molecule has 0 saturated carbocycles. The smallest absolute Gasteiger partial charge is 0.397 e. The van der Waals surface area contributed by atoms with Gasteiger partial charge in [-0.15, -0.1) is 0 Å². The number of allylic oxidation sites excluding steroid dienone is 1. The predicted molar refractivity (Wildman–Crippen MR) is 279 cm³/mol. The van der Waals surface area contributed by atoms with Gasteiger partial charge >= 0.3 is 23.5 Å². The fourth-order valence-corrected chi connectivity index (χ4v) is 14.5. The molecule has 5 aromatic rings. The first-order chi connectivity index (χ1) is 38.5. The Morgan fingerprint density at radius 1 is 0.744 bits per heavy atom. The van der Waals surface area contributed by atoms with Crippen LogP contribution >= 0.6 is 30.9 Å². The van der Waals surface area contributed by atoms with Crippen LogP contribution in [-0.2, 0) is 68.7 Å². The summed E-state index contributed by atoms with van der Waals surface area (Å²) in [5.41, 5.74) is 17.1. The third-order valence-corrected chi connectivity index (χ3v) is 19.2. The molecule has 82 heavy (non-hydrogen) atoms. The number of anilines is 2. The number of ether oxygens (including phenoxy) is 4. The fourth-order valence-electron chi connectivity index (χ4n) is 9.44. The van der Waals surface area contributed by atoms with Crippen molar-refractivity contribution in [1.82, 2.24) is 53.5 Å². The molecule has 448 valence electrons. The number of aliphatic hydroxyl groups is 3. The lowest BCUT2D eigenvalue weighted by molar-refractivity contribution is -0.130. The number of nitrogen functional groups attached to an aromatic ring is 2.